The molecule has 0 fully saturated rings. The Kier molecular flexibility index (Phi) is 5.59. The van der Waals surface area contributed by atoms with Gasteiger partial charge < -0.3 is 14.6 Å². The second-order valence-electron chi connectivity index (χ2n) is 4.67. The van der Waals surface area contributed by atoms with Gasteiger partial charge in [0.15, 0.2) is 0 Å². The van der Waals surface area contributed by atoms with E-state index in [2.05, 4.69) is 10.3 Å². The number of imidazole rings is 1. The summed E-state index contributed by atoms with van der Waals surface area (Å²) in [7, 11) is 0. The van der Waals surface area contributed by atoms with Crippen molar-refractivity contribution in [3.05, 3.63) is 40.9 Å². The Morgan fingerprint density at radius 3 is 2.95 bits per heavy atom. The van der Waals surface area contributed by atoms with E-state index in [9.17, 15) is 4.39 Å². The highest BCUT2D eigenvalue weighted by molar-refractivity contribution is 6.33. The third-order valence-corrected chi connectivity index (χ3v) is 3.30. The highest BCUT2D eigenvalue weighted by Crippen LogP contribution is 2.27. The molecule has 21 heavy (non-hydrogen) atoms. The van der Waals surface area contributed by atoms with Crippen molar-refractivity contribution >= 4 is 23.2 Å². The summed E-state index contributed by atoms with van der Waals surface area (Å²) in [5, 5.41) is 3.31. The molecule has 2 aromatic rings. The standard InChI is InChI=1S/C15H19ClFN3O/c1-3-21-9-5-8-20-10-11(2)18-15(20)19-14-12(16)6-4-7-13(14)17/h4,6-7,10H,3,5,8-9H2,1-2H3,(H,18,19). The average Bonchev–Trinajstić information content (AvgIpc) is 2.79. The first-order valence-electron chi connectivity index (χ1n) is 6.94. The minimum absolute atomic E-state index is 0.246. The number of nitrogens with zero attached hydrogens (tertiary/aromatic N) is 2. The largest absolute Gasteiger partial charge is 0.382 e. The maximum absolute atomic E-state index is 13.8. The number of aromatic nitrogens is 2. The summed E-state index contributed by atoms with van der Waals surface area (Å²) in [6, 6.07) is 4.58. The van der Waals surface area contributed by atoms with Crippen LogP contribution >= 0.6 is 11.6 Å². The highest BCUT2D eigenvalue weighted by atomic mass is 35.5. The number of benzene rings is 1. The van der Waals surface area contributed by atoms with Gasteiger partial charge in [0.1, 0.15) is 5.82 Å². The molecule has 0 unspecified atom stereocenters. The molecule has 0 saturated heterocycles. The highest BCUT2D eigenvalue weighted by Gasteiger charge is 2.11. The molecule has 0 amide bonds. The van der Waals surface area contributed by atoms with Gasteiger partial charge in [-0.3, -0.25) is 0 Å². The molecular formula is C15H19ClFN3O. The first-order chi connectivity index (χ1) is 10.1. The normalized spacial score (nSPS) is 10.9. The van der Waals surface area contributed by atoms with E-state index in [1.165, 1.54) is 6.07 Å². The van der Waals surface area contributed by atoms with Crippen LogP contribution in [0.3, 0.4) is 0 Å². The van der Waals surface area contributed by atoms with Crippen molar-refractivity contribution in [2.24, 2.45) is 0 Å². The SMILES string of the molecule is CCOCCCn1cc(C)nc1Nc1c(F)cccc1Cl. The lowest BCUT2D eigenvalue weighted by molar-refractivity contribution is 0.142. The quantitative estimate of drug-likeness (QED) is 0.781. The number of aryl methyl sites for hydroxylation is 2. The second kappa shape index (κ2) is 7.43. The Hall–Kier alpha value is -1.59. The molecule has 4 nitrogen and oxygen atoms in total. The van der Waals surface area contributed by atoms with Gasteiger partial charge in [0, 0.05) is 26.0 Å². The van der Waals surface area contributed by atoms with Crippen LogP contribution < -0.4 is 5.32 Å². The van der Waals surface area contributed by atoms with Gasteiger partial charge in [0.25, 0.3) is 0 Å². The Morgan fingerprint density at radius 1 is 1.43 bits per heavy atom. The second-order valence-corrected chi connectivity index (χ2v) is 5.08. The Labute approximate surface area is 128 Å². The van der Waals surface area contributed by atoms with Gasteiger partial charge in [-0.25, -0.2) is 9.37 Å². The molecule has 0 radical (unpaired) electrons. The monoisotopic (exact) mass is 311 g/mol. The van der Waals surface area contributed by atoms with E-state index in [1.54, 1.807) is 12.1 Å². The Morgan fingerprint density at radius 2 is 2.24 bits per heavy atom. The molecule has 2 rings (SSSR count). The Bertz CT molecular complexity index is 580. The lowest BCUT2D eigenvalue weighted by Crippen LogP contribution is -2.07. The van der Waals surface area contributed by atoms with Crippen LogP contribution in [0.2, 0.25) is 5.02 Å². The topological polar surface area (TPSA) is 39.1 Å². The van der Waals surface area contributed by atoms with E-state index >= 15 is 0 Å². The van der Waals surface area contributed by atoms with Crippen molar-refractivity contribution in [3.8, 4) is 0 Å². The predicted octanol–water partition coefficient (Wildman–Crippen LogP) is 4.15. The first kappa shape index (κ1) is 15.8. The fourth-order valence-electron chi connectivity index (χ4n) is 2.03. The molecule has 114 valence electrons. The van der Waals surface area contributed by atoms with Crippen molar-refractivity contribution in [3.63, 3.8) is 0 Å². The van der Waals surface area contributed by atoms with E-state index in [1.807, 2.05) is 24.6 Å². The lowest BCUT2D eigenvalue weighted by Gasteiger charge is -2.11. The fraction of sp³-hybridized carbons (Fsp3) is 0.400. The average molecular weight is 312 g/mol. The van der Waals surface area contributed by atoms with Crippen LogP contribution in [-0.2, 0) is 11.3 Å². The van der Waals surface area contributed by atoms with Gasteiger partial charge in [0.05, 0.1) is 16.4 Å². The minimum Gasteiger partial charge on any atom is -0.382 e. The van der Waals surface area contributed by atoms with Crippen LogP contribution in [0.4, 0.5) is 16.0 Å². The molecule has 1 aromatic heterocycles. The molecule has 0 aliphatic rings. The number of rotatable bonds is 7. The van der Waals surface area contributed by atoms with Crippen molar-refractivity contribution in [2.75, 3.05) is 18.5 Å². The molecular weight excluding hydrogens is 293 g/mol. The van der Waals surface area contributed by atoms with Gasteiger partial charge in [0.2, 0.25) is 5.95 Å². The molecule has 1 heterocycles. The number of hydrogen-bond donors (Lipinski definition) is 1. The summed E-state index contributed by atoms with van der Waals surface area (Å²) in [4.78, 5) is 4.37. The zero-order valence-corrected chi connectivity index (χ0v) is 13.0. The number of hydrogen-bond acceptors (Lipinski definition) is 3. The van der Waals surface area contributed by atoms with E-state index in [0.29, 0.717) is 24.2 Å². The van der Waals surface area contributed by atoms with Crippen molar-refractivity contribution in [1.82, 2.24) is 9.55 Å². The van der Waals surface area contributed by atoms with E-state index in [0.717, 1.165) is 18.7 Å². The molecule has 1 aromatic carbocycles. The molecule has 1 N–H and O–H groups in total. The van der Waals surface area contributed by atoms with Crippen molar-refractivity contribution < 1.29 is 9.13 Å². The summed E-state index contributed by atoms with van der Waals surface area (Å²) in [6.45, 7) is 6.00. The van der Waals surface area contributed by atoms with Crippen LogP contribution in [0, 0.1) is 12.7 Å². The zero-order chi connectivity index (χ0) is 15.2. The number of ether oxygens (including phenoxy) is 1. The molecule has 0 spiro atoms. The number of nitrogens with one attached hydrogen (secondary N) is 1. The van der Waals surface area contributed by atoms with Gasteiger partial charge in [-0.05, 0) is 32.4 Å². The molecule has 0 aliphatic carbocycles. The van der Waals surface area contributed by atoms with Gasteiger partial charge in [-0.1, -0.05) is 17.7 Å². The van der Waals surface area contributed by atoms with Crippen molar-refractivity contribution in [2.45, 2.75) is 26.8 Å². The molecule has 0 bridgehead atoms. The van der Waals surface area contributed by atoms with E-state index in [-0.39, 0.29) is 5.69 Å². The number of anilines is 2. The molecule has 0 atom stereocenters. The third-order valence-electron chi connectivity index (χ3n) is 2.99. The van der Waals surface area contributed by atoms with Crippen LogP contribution in [0.25, 0.3) is 0 Å². The van der Waals surface area contributed by atoms with Gasteiger partial charge in [-0.2, -0.15) is 0 Å². The summed E-state index contributed by atoms with van der Waals surface area (Å²) < 4.78 is 21.1. The van der Waals surface area contributed by atoms with E-state index in [4.69, 9.17) is 16.3 Å². The predicted molar refractivity (Wildman–Crippen MR) is 82.8 cm³/mol. The smallest absolute Gasteiger partial charge is 0.207 e. The maximum atomic E-state index is 13.8. The Balaban J connectivity index is 2.12. The van der Waals surface area contributed by atoms with Crippen LogP contribution in [0.1, 0.15) is 19.0 Å². The van der Waals surface area contributed by atoms with Crippen molar-refractivity contribution in [1.29, 1.82) is 0 Å². The van der Waals surface area contributed by atoms with E-state index < -0.39 is 5.82 Å². The number of para-hydroxylation sites is 1. The molecule has 6 heteroatoms. The van der Waals surface area contributed by atoms with Gasteiger partial charge in [-0.15, -0.1) is 0 Å². The fourth-order valence-corrected chi connectivity index (χ4v) is 2.24. The number of halogens is 2. The van der Waals surface area contributed by atoms with Gasteiger partial charge >= 0.3 is 0 Å². The lowest BCUT2D eigenvalue weighted by atomic mass is 10.3. The van der Waals surface area contributed by atoms with Crippen LogP contribution in [0.15, 0.2) is 24.4 Å². The van der Waals surface area contributed by atoms with Crippen LogP contribution in [0.5, 0.6) is 0 Å². The zero-order valence-electron chi connectivity index (χ0n) is 12.2. The third kappa shape index (κ3) is 4.19. The molecule has 0 saturated carbocycles. The molecule has 0 aliphatic heterocycles. The summed E-state index contributed by atoms with van der Waals surface area (Å²) >= 11 is 6.02. The first-order valence-corrected chi connectivity index (χ1v) is 7.32. The minimum atomic E-state index is -0.399. The maximum Gasteiger partial charge on any atom is 0.207 e. The summed E-state index contributed by atoms with van der Waals surface area (Å²) in [6.07, 6.45) is 2.78. The summed E-state index contributed by atoms with van der Waals surface area (Å²) in [5.74, 6) is 0.181. The summed E-state index contributed by atoms with van der Waals surface area (Å²) in [5.41, 5.74) is 1.11. The van der Waals surface area contributed by atoms with Crippen LogP contribution in [-0.4, -0.2) is 22.8 Å².